The number of esters is 1. The van der Waals surface area contributed by atoms with Gasteiger partial charge in [0.25, 0.3) is 5.91 Å². The lowest BCUT2D eigenvalue weighted by molar-refractivity contribution is -0.158. The Morgan fingerprint density at radius 1 is 1.09 bits per heavy atom. The number of aliphatic imine (C=N–C) groups is 1. The number of carbonyl (C=O) groups excluding carboxylic acids is 3. The fraction of sp³-hybridized carbons (Fsp3) is 0.760. The van der Waals surface area contributed by atoms with Crippen LogP contribution in [0.1, 0.15) is 79.1 Å². The van der Waals surface area contributed by atoms with Gasteiger partial charge in [-0.3, -0.25) is 14.4 Å². The van der Waals surface area contributed by atoms with Crippen LogP contribution in [0.25, 0.3) is 0 Å². The summed E-state index contributed by atoms with van der Waals surface area (Å²) in [5.74, 6) is 0.133. The maximum absolute atomic E-state index is 12.5. The molecule has 1 unspecified atom stereocenters. The maximum Gasteiger partial charge on any atom is 0.305 e. The van der Waals surface area contributed by atoms with Crippen molar-refractivity contribution in [1.29, 1.82) is 0 Å². The quantitative estimate of drug-likeness (QED) is 0.327. The van der Waals surface area contributed by atoms with Gasteiger partial charge in [0.1, 0.15) is 12.4 Å². The summed E-state index contributed by atoms with van der Waals surface area (Å²) in [6.45, 7) is 8.86. The molecule has 0 spiro atoms. The fourth-order valence-corrected chi connectivity index (χ4v) is 3.71. The van der Waals surface area contributed by atoms with Gasteiger partial charge in [0, 0.05) is 12.8 Å². The predicted octanol–water partition coefficient (Wildman–Crippen LogP) is 3.93. The molecule has 0 aromatic rings. The van der Waals surface area contributed by atoms with Crippen molar-refractivity contribution in [2.75, 3.05) is 13.2 Å². The van der Waals surface area contributed by atoms with Crippen molar-refractivity contribution < 1.29 is 28.6 Å². The van der Waals surface area contributed by atoms with Gasteiger partial charge < -0.3 is 19.5 Å². The number of rotatable bonds is 13. The molecule has 8 heteroatoms. The SMILES string of the molecule is CC(C)CCCCC(=O)NC1=NC(=O)C([C@@H]2CO[C@H](COC(=O)CCCCC(C)C)O2)C=C1. The molecular formula is C25H40N2O6. The first-order valence-electron chi connectivity index (χ1n) is 12.3. The molecule has 0 bridgehead atoms. The van der Waals surface area contributed by atoms with E-state index in [1.165, 1.54) is 0 Å². The van der Waals surface area contributed by atoms with E-state index in [0.717, 1.165) is 38.5 Å². The lowest BCUT2D eigenvalue weighted by Gasteiger charge is -2.19. The summed E-state index contributed by atoms with van der Waals surface area (Å²) in [4.78, 5) is 40.4. The van der Waals surface area contributed by atoms with Gasteiger partial charge in [-0.1, -0.05) is 59.5 Å². The van der Waals surface area contributed by atoms with Crippen LogP contribution in [0.2, 0.25) is 0 Å². The van der Waals surface area contributed by atoms with Gasteiger partial charge in [0.05, 0.1) is 18.6 Å². The summed E-state index contributed by atoms with van der Waals surface area (Å²) < 4.78 is 16.5. The summed E-state index contributed by atoms with van der Waals surface area (Å²) in [5, 5.41) is 2.69. The van der Waals surface area contributed by atoms with E-state index in [9.17, 15) is 14.4 Å². The molecule has 33 heavy (non-hydrogen) atoms. The molecule has 8 nitrogen and oxygen atoms in total. The molecule has 2 aliphatic heterocycles. The lowest BCUT2D eigenvalue weighted by atomic mass is 9.99. The molecule has 2 amide bonds. The van der Waals surface area contributed by atoms with Crippen LogP contribution in [0.5, 0.6) is 0 Å². The fourth-order valence-electron chi connectivity index (χ4n) is 3.71. The van der Waals surface area contributed by atoms with E-state index < -0.39 is 18.3 Å². The Labute approximate surface area is 197 Å². The highest BCUT2D eigenvalue weighted by Gasteiger charge is 2.37. The molecule has 2 aliphatic rings. The Kier molecular flexibility index (Phi) is 11.7. The Hall–Kier alpha value is -2.06. The standard InChI is InChI=1S/C25H40N2O6/c1-17(2)9-5-7-11-22(28)26-21-14-13-19(25(30)27-21)20-15-32-24(33-20)16-31-23(29)12-8-6-10-18(3)4/h13-14,17-20,24H,5-12,15-16H2,1-4H3,(H,26,27,28,30)/t19?,20-,24-/m0/s1. The number of hydrogen-bond donors (Lipinski definition) is 1. The van der Waals surface area contributed by atoms with Crippen molar-refractivity contribution in [3.05, 3.63) is 12.2 Å². The number of unbranched alkanes of at least 4 members (excludes halogenated alkanes) is 2. The van der Waals surface area contributed by atoms with Crippen LogP contribution in [0.15, 0.2) is 17.1 Å². The van der Waals surface area contributed by atoms with E-state index in [-0.39, 0.29) is 36.8 Å². The van der Waals surface area contributed by atoms with Crippen LogP contribution in [-0.4, -0.2) is 49.2 Å². The predicted molar refractivity (Wildman–Crippen MR) is 125 cm³/mol. The summed E-state index contributed by atoms with van der Waals surface area (Å²) in [7, 11) is 0. The van der Waals surface area contributed by atoms with Gasteiger partial charge in [-0.2, -0.15) is 4.99 Å². The first kappa shape index (κ1) is 27.2. The summed E-state index contributed by atoms with van der Waals surface area (Å²) >= 11 is 0. The van der Waals surface area contributed by atoms with Gasteiger partial charge in [-0.25, -0.2) is 0 Å². The molecule has 1 fully saturated rings. The Morgan fingerprint density at radius 2 is 1.76 bits per heavy atom. The molecule has 186 valence electrons. The number of ether oxygens (including phenoxy) is 3. The van der Waals surface area contributed by atoms with Crippen LogP contribution < -0.4 is 5.32 Å². The Morgan fingerprint density at radius 3 is 2.39 bits per heavy atom. The summed E-state index contributed by atoms with van der Waals surface area (Å²) in [6, 6.07) is 0. The number of hydrogen-bond acceptors (Lipinski definition) is 6. The van der Waals surface area contributed by atoms with Crippen molar-refractivity contribution in [2.45, 2.75) is 91.5 Å². The van der Waals surface area contributed by atoms with Crippen LogP contribution in [0, 0.1) is 17.8 Å². The van der Waals surface area contributed by atoms with Crippen molar-refractivity contribution in [2.24, 2.45) is 22.7 Å². The van der Waals surface area contributed by atoms with E-state index in [4.69, 9.17) is 14.2 Å². The van der Waals surface area contributed by atoms with Gasteiger partial charge in [-0.15, -0.1) is 0 Å². The summed E-state index contributed by atoms with van der Waals surface area (Å²) in [5.41, 5.74) is 0. The van der Waals surface area contributed by atoms with Crippen LogP contribution in [-0.2, 0) is 28.6 Å². The number of dihydropyridines is 1. The molecule has 1 N–H and O–H groups in total. The van der Waals surface area contributed by atoms with Crippen LogP contribution >= 0.6 is 0 Å². The molecule has 2 rings (SSSR count). The van der Waals surface area contributed by atoms with Gasteiger partial charge >= 0.3 is 5.97 Å². The second-order valence-corrected chi connectivity index (χ2v) is 9.67. The molecule has 1 saturated heterocycles. The Balaban J connectivity index is 1.66. The third-order valence-electron chi connectivity index (χ3n) is 5.65. The Bertz CT molecular complexity index is 716. The number of amidine groups is 1. The number of nitrogens with zero attached hydrogens (tertiary/aromatic N) is 1. The molecule has 0 radical (unpaired) electrons. The monoisotopic (exact) mass is 464 g/mol. The minimum absolute atomic E-state index is 0.00548. The zero-order chi connectivity index (χ0) is 24.2. The minimum atomic E-state index is -0.688. The van der Waals surface area contributed by atoms with Crippen molar-refractivity contribution in [1.82, 2.24) is 5.32 Å². The molecule has 0 aliphatic carbocycles. The van der Waals surface area contributed by atoms with E-state index in [1.807, 2.05) is 0 Å². The second kappa shape index (κ2) is 14.3. The average Bonchev–Trinajstić information content (AvgIpc) is 3.21. The second-order valence-electron chi connectivity index (χ2n) is 9.67. The highest BCUT2D eigenvalue weighted by Crippen LogP contribution is 2.23. The van der Waals surface area contributed by atoms with Crippen LogP contribution in [0.3, 0.4) is 0 Å². The van der Waals surface area contributed by atoms with Gasteiger partial charge in [0.2, 0.25) is 5.91 Å². The third-order valence-corrected chi connectivity index (χ3v) is 5.65. The molecule has 3 atom stereocenters. The smallest absolute Gasteiger partial charge is 0.305 e. The number of carbonyl (C=O) groups is 3. The molecule has 0 aromatic heterocycles. The largest absolute Gasteiger partial charge is 0.460 e. The first-order chi connectivity index (χ1) is 15.7. The number of nitrogens with one attached hydrogen (secondary N) is 1. The third kappa shape index (κ3) is 10.6. The zero-order valence-electron chi connectivity index (χ0n) is 20.5. The van der Waals surface area contributed by atoms with Crippen LogP contribution in [0.4, 0.5) is 0 Å². The van der Waals surface area contributed by atoms with E-state index in [2.05, 4.69) is 38.0 Å². The van der Waals surface area contributed by atoms with E-state index in [1.54, 1.807) is 12.2 Å². The van der Waals surface area contributed by atoms with Crippen molar-refractivity contribution in [3.63, 3.8) is 0 Å². The zero-order valence-corrected chi connectivity index (χ0v) is 20.5. The number of amides is 2. The average molecular weight is 465 g/mol. The molecule has 0 saturated carbocycles. The summed E-state index contributed by atoms with van der Waals surface area (Å²) in [6.07, 6.45) is 8.73. The van der Waals surface area contributed by atoms with E-state index >= 15 is 0 Å². The van der Waals surface area contributed by atoms with Gasteiger partial charge in [0.15, 0.2) is 6.29 Å². The van der Waals surface area contributed by atoms with Crippen molar-refractivity contribution in [3.8, 4) is 0 Å². The lowest BCUT2D eigenvalue weighted by Crippen LogP contribution is -2.36. The normalized spacial score (nSPS) is 22.7. The molecule has 2 heterocycles. The van der Waals surface area contributed by atoms with E-state index in [0.29, 0.717) is 24.7 Å². The molecule has 0 aromatic carbocycles. The van der Waals surface area contributed by atoms with Crippen molar-refractivity contribution >= 4 is 23.6 Å². The minimum Gasteiger partial charge on any atom is -0.460 e. The maximum atomic E-state index is 12.5. The highest BCUT2D eigenvalue weighted by molar-refractivity contribution is 6.11. The van der Waals surface area contributed by atoms with Gasteiger partial charge in [-0.05, 0) is 30.8 Å². The topological polar surface area (TPSA) is 103 Å². The first-order valence-corrected chi connectivity index (χ1v) is 12.3. The molecular weight excluding hydrogens is 424 g/mol. The highest BCUT2D eigenvalue weighted by atomic mass is 16.7.